The van der Waals surface area contributed by atoms with Crippen LogP contribution in [-0.4, -0.2) is 7.11 Å². The lowest BCUT2D eigenvalue weighted by Crippen LogP contribution is -1.94. The van der Waals surface area contributed by atoms with Crippen molar-refractivity contribution < 1.29 is 13.5 Å². The Morgan fingerprint density at radius 3 is 2.40 bits per heavy atom. The van der Waals surface area contributed by atoms with Crippen molar-refractivity contribution in [2.45, 2.75) is 10.6 Å². The summed E-state index contributed by atoms with van der Waals surface area (Å²) < 4.78 is 33.2. The monoisotopic (exact) mass is 359 g/mol. The van der Waals surface area contributed by atoms with Gasteiger partial charge in [0.05, 0.1) is 16.5 Å². The Labute approximate surface area is 128 Å². The lowest BCUT2D eigenvalue weighted by molar-refractivity contribution is 0.412. The standard InChI is InChI=1S/C14H12BrF2NOS/c1-19-13-3-2-8(4-10(13)15)7-20-14-11(16)5-9(18)6-12(14)17/h2-6H,7,18H2,1H3. The van der Waals surface area contributed by atoms with E-state index >= 15 is 0 Å². The van der Waals surface area contributed by atoms with Gasteiger partial charge in [0.1, 0.15) is 17.4 Å². The summed E-state index contributed by atoms with van der Waals surface area (Å²) in [6, 6.07) is 7.75. The van der Waals surface area contributed by atoms with Gasteiger partial charge < -0.3 is 10.5 Å². The molecule has 0 radical (unpaired) electrons. The van der Waals surface area contributed by atoms with Gasteiger partial charge >= 0.3 is 0 Å². The lowest BCUT2D eigenvalue weighted by atomic mass is 10.2. The molecule has 0 unspecified atom stereocenters. The summed E-state index contributed by atoms with van der Waals surface area (Å²) in [6.07, 6.45) is 0. The van der Waals surface area contributed by atoms with E-state index in [1.165, 1.54) is 0 Å². The maximum absolute atomic E-state index is 13.6. The molecule has 0 aliphatic heterocycles. The molecule has 20 heavy (non-hydrogen) atoms. The zero-order valence-electron chi connectivity index (χ0n) is 10.6. The molecule has 0 fully saturated rings. The molecule has 0 spiro atoms. The average molecular weight is 360 g/mol. The first-order valence-corrected chi connectivity index (χ1v) is 7.49. The lowest BCUT2D eigenvalue weighted by Gasteiger charge is -2.08. The highest BCUT2D eigenvalue weighted by atomic mass is 79.9. The second-order valence-corrected chi connectivity index (χ2v) is 5.91. The molecule has 2 rings (SSSR count). The maximum Gasteiger partial charge on any atom is 0.141 e. The van der Waals surface area contributed by atoms with Gasteiger partial charge in [0, 0.05) is 11.4 Å². The number of nitrogens with two attached hydrogens (primary N) is 1. The zero-order valence-corrected chi connectivity index (χ0v) is 13.0. The predicted molar refractivity (Wildman–Crippen MR) is 81.0 cm³/mol. The molecule has 0 aliphatic rings. The van der Waals surface area contributed by atoms with Crippen LogP contribution < -0.4 is 10.5 Å². The number of anilines is 1. The van der Waals surface area contributed by atoms with Crippen LogP contribution in [0.25, 0.3) is 0 Å². The molecule has 0 saturated carbocycles. The van der Waals surface area contributed by atoms with E-state index in [1.807, 2.05) is 12.1 Å². The first-order valence-electron chi connectivity index (χ1n) is 5.71. The maximum atomic E-state index is 13.6. The number of thioether (sulfide) groups is 1. The molecule has 2 nitrogen and oxygen atoms in total. The Balaban J connectivity index is 2.15. The number of methoxy groups -OCH3 is 1. The van der Waals surface area contributed by atoms with Crippen molar-refractivity contribution in [3.8, 4) is 5.75 Å². The van der Waals surface area contributed by atoms with Gasteiger partial charge in [-0.05, 0) is 45.8 Å². The Morgan fingerprint density at radius 2 is 1.85 bits per heavy atom. The summed E-state index contributed by atoms with van der Waals surface area (Å²) in [6.45, 7) is 0. The largest absolute Gasteiger partial charge is 0.496 e. The van der Waals surface area contributed by atoms with Crippen molar-refractivity contribution in [1.82, 2.24) is 0 Å². The minimum absolute atomic E-state index is 0.0221. The first-order chi connectivity index (χ1) is 9.51. The third-order valence-electron chi connectivity index (χ3n) is 2.62. The minimum atomic E-state index is -0.639. The van der Waals surface area contributed by atoms with Crippen molar-refractivity contribution in [3.63, 3.8) is 0 Å². The average Bonchev–Trinajstić information content (AvgIpc) is 2.37. The summed E-state index contributed by atoms with van der Waals surface area (Å²) in [7, 11) is 1.58. The number of hydrogen-bond acceptors (Lipinski definition) is 3. The summed E-state index contributed by atoms with van der Waals surface area (Å²) in [5, 5.41) is 0. The molecule has 0 bridgehead atoms. The molecule has 0 heterocycles. The fourth-order valence-electron chi connectivity index (χ4n) is 1.67. The van der Waals surface area contributed by atoms with Gasteiger partial charge in [-0.15, -0.1) is 11.8 Å². The van der Waals surface area contributed by atoms with Crippen LogP contribution in [0.5, 0.6) is 5.75 Å². The van der Waals surface area contributed by atoms with Crippen molar-refractivity contribution >= 4 is 33.4 Å². The molecule has 0 atom stereocenters. The van der Waals surface area contributed by atoms with Gasteiger partial charge in [0.15, 0.2) is 0 Å². The fraction of sp³-hybridized carbons (Fsp3) is 0.143. The van der Waals surface area contributed by atoms with Crippen LogP contribution in [0, 0.1) is 11.6 Å². The Kier molecular flexibility index (Phi) is 4.88. The minimum Gasteiger partial charge on any atom is -0.496 e. The Bertz CT molecular complexity index is 614. The van der Waals surface area contributed by atoms with Crippen molar-refractivity contribution in [2.24, 2.45) is 0 Å². The summed E-state index contributed by atoms with van der Waals surface area (Å²) in [4.78, 5) is -0.0221. The van der Waals surface area contributed by atoms with E-state index < -0.39 is 11.6 Å². The predicted octanol–water partition coefficient (Wildman–Crippen LogP) is 4.61. The van der Waals surface area contributed by atoms with Crippen LogP contribution in [0.1, 0.15) is 5.56 Å². The molecule has 0 amide bonds. The molecule has 2 N–H and O–H groups in total. The molecular weight excluding hydrogens is 348 g/mol. The van der Waals surface area contributed by atoms with Crippen LogP contribution in [0.4, 0.5) is 14.5 Å². The third kappa shape index (κ3) is 3.43. The molecule has 0 aromatic heterocycles. The van der Waals surface area contributed by atoms with Gasteiger partial charge in [0.2, 0.25) is 0 Å². The van der Waals surface area contributed by atoms with Crippen LogP contribution >= 0.6 is 27.7 Å². The first kappa shape index (κ1) is 15.1. The quantitative estimate of drug-likeness (QED) is 0.639. The van der Waals surface area contributed by atoms with Crippen molar-refractivity contribution in [2.75, 3.05) is 12.8 Å². The molecule has 2 aromatic rings. The molecule has 2 aromatic carbocycles. The molecule has 0 aliphatic carbocycles. The Morgan fingerprint density at radius 1 is 1.20 bits per heavy atom. The third-order valence-corrected chi connectivity index (χ3v) is 4.40. The smallest absolute Gasteiger partial charge is 0.141 e. The number of ether oxygens (including phenoxy) is 1. The van der Waals surface area contributed by atoms with Crippen molar-refractivity contribution in [3.05, 3.63) is 52.0 Å². The highest BCUT2D eigenvalue weighted by Gasteiger charge is 2.11. The van der Waals surface area contributed by atoms with Gasteiger partial charge in [-0.2, -0.15) is 0 Å². The molecular formula is C14H12BrF2NOS. The van der Waals surface area contributed by atoms with E-state index in [1.54, 1.807) is 13.2 Å². The number of benzene rings is 2. The van der Waals surface area contributed by atoms with Crippen LogP contribution in [-0.2, 0) is 5.75 Å². The van der Waals surface area contributed by atoms with Gasteiger partial charge in [-0.1, -0.05) is 6.07 Å². The SMILES string of the molecule is COc1ccc(CSc2c(F)cc(N)cc2F)cc1Br. The van der Waals surface area contributed by atoms with E-state index in [-0.39, 0.29) is 10.6 Å². The van der Waals surface area contributed by atoms with Crippen LogP contribution in [0.15, 0.2) is 39.7 Å². The summed E-state index contributed by atoms with van der Waals surface area (Å²) in [5.41, 5.74) is 6.39. The van der Waals surface area contributed by atoms with E-state index in [4.69, 9.17) is 10.5 Å². The van der Waals surface area contributed by atoms with Crippen LogP contribution in [0.3, 0.4) is 0 Å². The van der Waals surface area contributed by atoms with E-state index in [0.29, 0.717) is 11.5 Å². The van der Waals surface area contributed by atoms with Gasteiger partial charge in [-0.3, -0.25) is 0 Å². The fourth-order valence-corrected chi connectivity index (χ4v) is 3.14. The van der Waals surface area contributed by atoms with E-state index in [0.717, 1.165) is 33.9 Å². The molecule has 106 valence electrons. The van der Waals surface area contributed by atoms with Gasteiger partial charge in [-0.25, -0.2) is 8.78 Å². The van der Waals surface area contributed by atoms with Gasteiger partial charge in [0.25, 0.3) is 0 Å². The summed E-state index contributed by atoms with van der Waals surface area (Å²) >= 11 is 4.46. The Hall–Kier alpha value is -1.27. The number of halogens is 3. The zero-order chi connectivity index (χ0) is 14.7. The topological polar surface area (TPSA) is 35.2 Å². The second kappa shape index (κ2) is 6.45. The number of hydrogen-bond donors (Lipinski definition) is 1. The number of rotatable bonds is 4. The number of nitrogen functional groups attached to an aromatic ring is 1. The highest BCUT2D eigenvalue weighted by molar-refractivity contribution is 9.10. The molecule has 6 heteroatoms. The normalized spacial score (nSPS) is 10.6. The highest BCUT2D eigenvalue weighted by Crippen LogP contribution is 2.32. The molecule has 0 saturated heterocycles. The second-order valence-electron chi connectivity index (χ2n) is 4.07. The summed E-state index contributed by atoms with van der Waals surface area (Å²) in [5.74, 6) is -0.121. The van der Waals surface area contributed by atoms with Crippen LogP contribution in [0.2, 0.25) is 0 Å². The van der Waals surface area contributed by atoms with E-state index in [2.05, 4.69) is 15.9 Å². The van der Waals surface area contributed by atoms with E-state index in [9.17, 15) is 8.78 Å². The van der Waals surface area contributed by atoms with Crippen molar-refractivity contribution in [1.29, 1.82) is 0 Å².